The summed E-state index contributed by atoms with van der Waals surface area (Å²) in [6, 6.07) is 6.08. The van der Waals surface area contributed by atoms with Crippen molar-refractivity contribution in [1.82, 2.24) is 4.90 Å². The Hall–Kier alpha value is -0.830. The summed E-state index contributed by atoms with van der Waals surface area (Å²) in [6.07, 6.45) is 3.42. The van der Waals surface area contributed by atoms with Gasteiger partial charge in [-0.1, -0.05) is 31.9 Å². The van der Waals surface area contributed by atoms with Crippen LogP contribution in [0.15, 0.2) is 22.7 Å². The van der Waals surface area contributed by atoms with Crippen LogP contribution in [0.1, 0.15) is 56.0 Å². The van der Waals surface area contributed by atoms with Gasteiger partial charge in [-0.25, -0.2) is 0 Å². The largest absolute Gasteiger partial charge is 0.336 e. The zero-order valence-corrected chi connectivity index (χ0v) is 14.0. The molecule has 0 atom stereocenters. The first-order valence-corrected chi connectivity index (χ1v) is 7.84. The van der Waals surface area contributed by atoms with Crippen LogP contribution in [0.25, 0.3) is 0 Å². The van der Waals surface area contributed by atoms with Gasteiger partial charge in [-0.15, -0.1) is 0 Å². The molecule has 0 aliphatic rings. The minimum Gasteiger partial charge on any atom is -0.336 e. The van der Waals surface area contributed by atoms with E-state index in [1.165, 1.54) is 12.8 Å². The number of hydrogen-bond acceptors (Lipinski definition) is 1. The van der Waals surface area contributed by atoms with Crippen molar-refractivity contribution in [2.24, 2.45) is 0 Å². The normalized spacial score (nSPS) is 10.8. The third kappa shape index (κ3) is 4.34. The quantitative estimate of drug-likeness (QED) is 0.688. The Kier molecular flexibility index (Phi) is 6.56. The molecule has 0 heterocycles. The van der Waals surface area contributed by atoms with E-state index in [0.29, 0.717) is 0 Å². The van der Waals surface area contributed by atoms with Crippen molar-refractivity contribution in [3.63, 3.8) is 0 Å². The summed E-state index contributed by atoms with van der Waals surface area (Å²) in [5, 5.41) is 0. The average molecular weight is 326 g/mol. The van der Waals surface area contributed by atoms with Crippen molar-refractivity contribution in [1.29, 1.82) is 0 Å². The monoisotopic (exact) mass is 325 g/mol. The van der Waals surface area contributed by atoms with Gasteiger partial charge in [-0.05, 0) is 54.8 Å². The second-order valence-electron chi connectivity index (χ2n) is 5.24. The molecule has 0 aliphatic heterocycles. The SMILES string of the molecule is CCCCCN(C(=O)c1cccc(C)c1Br)C(C)C. The van der Waals surface area contributed by atoms with Crippen LogP contribution in [0, 0.1) is 6.92 Å². The van der Waals surface area contributed by atoms with E-state index in [1.54, 1.807) is 0 Å². The molecule has 1 aromatic rings. The van der Waals surface area contributed by atoms with Crippen molar-refractivity contribution >= 4 is 21.8 Å². The molecular formula is C16H24BrNO. The molecule has 106 valence electrons. The van der Waals surface area contributed by atoms with Crippen LogP contribution in [-0.2, 0) is 0 Å². The number of aryl methyl sites for hydroxylation is 1. The summed E-state index contributed by atoms with van der Waals surface area (Å²) in [7, 11) is 0. The molecule has 0 bridgehead atoms. The van der Waals surface area contributed by atoms with Gasteiger partial charge in [0.15, 0.2) is 0 Å². The molecule has 19 heavy (non-hydrogen) atoms. The Morgan fingerprint density at radius 3 is 2.58 bits per heavy atom. The molecular weight excluding hydrogens is 302 g/mol. The average Bonchev–Trinajstić information content (AvgIpc) is 2.37. The van der Waals surface area contributed by atoms with Crippen LogP contribution >= 0.6 is 15.9 Å². The van der Waals surface area contributed by atoms with E-state index in [-0.39, 0.29) is 11.9 Å². The van der Waals surface area contributed by atoms with E-state index >= 15 is 0 Å². The van der Waals surface area contributed by atoms with Gasteiger partial charge in [-0.3, -0.25) is 4.79 Å². The zero-order chi connectivity index (χ0) is 14.4. The summed E-state index contributed by atoms with van der Waals surface area (Å²) in [5.41, 5.74) is 1.87. The van der Waals surface area contributed by atoms with Gasteiger partial charge in [0.05, 0.1) is 5.56 Å². The van der Waals surface area contributed by atoms with Crippen molar-refractivity contribution in [3.8, 4) is 0 Å². The van der Waals surface area contributed by atoms with E-state index in [9.17, 15) is 4.79 Å². The summed E-state index contributed by atoms with van der Waals surface area (Å²) in [6.45, 7) is 9.18. The Balaban J connectivity index is 2.90. The van der Waals surface area contributed by atoms with Crippen molar-refractivity contribution in [2.45, 2.75) is 53.0 Å². The van der Waals surface area contributed by atoms with Gasteiger partial charge in [0.2, 0.25) is 0 Å². The second kappa shape index (κ2) is 7.68. The molecule has 0 saturated carbocycles. The molecule has 0 N–H and O–H groups in total. The van der Waals surface area contributed by atoms with Crippen LogP contribution < -0.4 is 0 Å². The highest BCUT2D eigenvalue weighted by Crippen LogP contribution is 2.23. The number of rotatable bonds is 6. The molecule has 0 saturated heterocycles. The number of carbonyl (C=O) groups excluding carboxylic acids is 1. The Morgan fingerprint density at radius 1 is 1.32 bits per heavy atom. The lowest BCUT2D eigenvalue weighted by Crippen LogP contribution is -2.38. The molecule has 2 nitrogen and oxygen atoms in total. The predicted octanol–water partition coefficient (Wildman–Crippen LogP) is 4.80. The molecule has 1 amide bonds. The fourth-order valence-electron chi connectivity index (χ4n) is 2.09. The molecule has 1 rings (SSSR count). The predicted molar refractivity (Wildman–Crippen MR) is 84.6 cm³/mol. The summed E-state index contributed by atoms with van der Waals surface area (Å²) < 4.78 is 0.918. The van der Waals surface area contributed by atoms with Crippen LogP contribution in [0.3, 0.4) is 0 Å². The molecule has 0 unspecified atom stereocenters. The van der Waals surface area contributed by atoms with Gasteiger partial charge in [0, 0.05) is 17.1 Å². The third-order valence-corrected chi connectivity index (χ3v) is 4.36. The fraction of sp³-hybridized carbons (Fsp3) is 0.562. The number of benzene rings is 1. The maximum absolute atomic E-state index is 12.6. The van der Waals surface area contributed by atoms with Crippen LogP contribution in [0.4, 0.5) is 0 Å². The molecule has 0 radical (unpaired) electrons. The van der Waals surface area contributed by atoms with Gasteiger partial charge in [0.25, 0.3) is 5.91 Å². The van der Waals surface area contributed by atoms with Crippen LogP contribution in [0.5, 0.6) is 0 Å². The number of amides is 1. The van der Waals surface area contributed by atoms with E-state index in [1.807, 2.05) is 30.0 Å². The lowest BCUT2D eigenvalue weighted by Gasteiger charge is -2.27. The minimum absolute atomic E-state index is 0.127. The smallest absolute Gasteiger partial charge is 0.255 e. The highest BCUT2D eigenvalue weighted by atomic mass is 79.9. The molecule has 0 spiro atoms. The van der Waals surface area contributed by atoms with Crippen LogP contribution in [-0.4, -0.2) is 23.4 Å². The summed E-state index contributed by atoms with van der Waals surface area (Å²) >= 11 is 3.53. The van der Waals surface area contributed by atoms with Crippen molar-refractivity contribution in [2.75, 3.05) is 6.54 Å². The first kappa shape index (κ1) is 16.2. The number of unbranched alkanes of at least 4 members (excludes halogenated alkanes) is 2. The summed E-state index contributed by atoms with van der Waals surface area (Å²) in [5.74, 6) is 0.127. The Morgan fingerprint density at radius 2 is 2.00 bits per heavy atom. The Labute approximate surface area is 125 Å². The van der Waals surface area contributed by atoms with E-state index in [0.717, 1.165) is 28.6 Å². The molecule has 1 aromatic carbocycles. The van der Waals surface area contributed by atoms with E-state index < -0.39 is 0 Å². The van der Waals surface area contributed by atoms with E-state index in [4.69, 9.17) is 0 Å². The topological polar surface area (TPSA) is 20.3 Å². The highest BCUT2D eigenvalue weighted by Gasteiger charge is 2.20. The minimum atomic E-state index is 0.127. The van der Waals surface area contributed by atoms with Crippen molar-refractivity contribution in [3.05, 3.63) is 33.8 Å². The molecule has 3 heteroatoms. The highest BCUT2D eigenvalue weighted by molar-refractivity contribution is 9.10. The van der Waals surface area contributed by atoms with E-state index in [2.05, 4.69) is 36.7 Å². The summed E-state index contributed by atoms with van der Waals surface area (Å²) in [4.78, 5) is 14.6. The number of nitrogens with zero attached hydrogens (tertiary/aromatic N) is 1. The van der Waals surface area contributed by atoms with Gasteiger partial charge < -0.3 is 4.90 Å². The lowest BCUT2D eigenvalue weighted by atomic mass is 10.1. The standard InChI is InChI=1S/C16H24BrNO/c1-5-6-7-11-18(12(2)3)16(19)14-10-8-9-13(4)15(14)17/h8-10,12H,5-7,11H2,1-4H3. The molecule has 0 aliphatic carbocycles. The Bertz CT molecular complexity index is 429. The first-order chi connectivity index (χ1) is 8.99. The van der Waals surface area contributed by atoms with Gasteiger partial charge >= 0.3 is 0 Å². The van der Waals surface area contributed by atoms with Gasteiger partial charge in [-0.2, -0.15) is 0 Å². The maximum Gasteiger partial charge on any atom is 0.255 e. The second-order valence-corrected chi connectivity index (χ2v) is 6.03. The third-order valence-electron chi connectivity index (χ3n) is 3.31. The number of hydrogen-bond donors (Lipinski definition) is 0. The van der Waals surface area contributed by atoms with Gasteiger partial charge in [0.1, 0.15) is 0 Å². The number of carbonyl (C=O) groups is 1. The molecule has 0 fully saturated rings. The zero-order valence-electron chi connectivity index (χ0n) is 12.4. The first-order valence-electron chi connectivity index (χ1n) is 7.05. The van der Waals surface area contributed by atoms with Crippen molar-refractivity contribution < 1.29 is 4.79 Å². The maximum atomic E-state index is 12.6. The van der Waals surface area contributed by atoms with Crippen LogP contribution in [0.2, 0.25) is 0 Å². The number of halogens is 1. The lowest BCUT2D eigenvalue weighted by molar-refractivity contribution is 0.0701. The fourth-order valence-corrected chi connectivity index (χ4v) is 2.53. The molecule has 0 aromatic heterocycles.